The molecule has 108 valence electrons. The first-order valence-electron chi connectivity index (χ1n) is 5.72. The topological polar surface area (TPSA) is 75.3 Å². The molecule has 0 aromatic heterocycles. The van der Waals surface area contributed by atoms with E-state index in [-0.39, 0.29) is 0 Å². The van der Waals surface area contributed by atoms with Gasteiger partial charge in [0.25, 0.3) is 12.3 Å². The average molecular weight is 302 g/mol. The van der Waals surface area contributed by atoms with Crippen molar-refractivity contribution in [3.05, 3.63) is 29.8 Å². The molecule has 1 aromatic rings. The van der Waals surface area contributed by atoms with Crippen LogP contribution in [0.25, 0.3) is 0 Å². The molecule has 0 spiro atoms. The molecule has 0 aliphatic carbocycles. The van der Waals surface area contributed by atoms with Gasteiger partial charge in [-0.1, -0.05) is 17.7 Å². The van der Waals surface area contributed by atoms with Crippen LogP contribution in [0.15, 0.2) is 29.2 Å². The highest BCUT2D eigenvalue weighted by atomic mass is 32.2. The van der Waals surface area contributed by atoms with E-state index in [0.717, 1.165) is 5.56 Å². The maximum absolute atomic E-state index is 13.1. The van der Waals surface area contributed by atoms with Crippen molar-refractivity contribution in [2.75, 3.05) is 5.75 Å². The predicted octanol–water partition coefficient (Wildman–Crippen LogP) is 0.946. The van der Waals surface area contributed by atoms with Crippen molar-refractivity contribution < 1.29 is 22.6 Å². The number of halogens is 2. The maximum Gasteiger partial charge on any atom is 0.322 e. The van der Waals surface area contributed by atoms with E-state index >= 15 is 0 Å². The minimum absolute atomic E-state index is 0.324. The fourth-order valence-corrected chi connectivity index (χ4v) is 3.15. The van der Waals surface area contributed by atoms with E-state index in [1.807, 2.05) is 12.2 Å². The Morgan fingerprint density at radius 3 is 2.30 bits per heavy atom. The maximum atomic E-state index is 13.1. The van der Waals surface area contributed by atoms with Crippen LogP contribution in [-0.4, -0.2) is 33.9 Å². The first-order chi connectivity index (χ1) is 9.35. The summed E-state index contributed by atoms with van der Waals surface area (Å²) in [5.74, 6) is -1.83. The lowest BCUT2D eigenvalue weighted by Crippen LogP contribution is -2.57. The standard InChI is InChI=1S/C12H12F2N2O3S/c1-7-2-4-8(5-3-7)20(19)6-12(9(13)14)10(17)15-11(18)16-12/h2-5,9H,6H2,1H3,(H2,15,16,17,18). The Kier molecular flexibility index (Phi) is 3.85. The summed E-state index contributed by atoms with van der Waals surface area (Å²) in [5.41, 5.74) is -1.51. The van der Waals surface area contributed by atoms with E-state index < -0.39 is 40.5 Å². The molecule has 0 saturated carbocycles. The molecule has 5 nitrogen and oxygen atoms in total. The van der Waals surface area contributed by atoms with Crippen LogP contribution >= 0.6 is 0 Å². The number of amides is 3. The van der Waals surface area contributed by atoms with Crippen molar-refractivity contribution in [3.63, 3.8) is 0 Å². The first-order valence-corrected chi connectivity index (χ1v) is 7.04. The van der Waals surface area contributed by atoms with E-state index in [2.05, 4.69) is 0 Å². The van der Waals surface area contributed by atoms with Gasteiger partial charge in [-0.15, -0.1) is 0 Å². The van der Waals surface area contributed by atoms with Crippen molar-refractivity contribution in [2.45, 2.75) is 23.8 Å². The van der Waals surface area contributed by atoms with Crippen molar-refractivity contribution in [1.29, 1.82) is 0 Å². The number of hydrogen-bond donors (Lipinski definition) is 2. The van der Waals surface area contributed by atoms with E-state index in [1.54, 1.807) is 29.6 Å². The number of carbonyl (C=O) groups is 2. The SMILES string of the molecule is Cc1ccc(S(=O)CC2(C(F)F)NC(=O)NC2=O)cc1. The number of aryl methyl sites for hydroxylation is 1. The van der Waals surface area contributed by atoms with E-state index in [0.29, 0.717) is 4.90 Å². The third-order valence-electron chi connectivity index (χ3n) is 2.98. The molecule has 8 heteroatoms. The van der Waals surface area contributed by atoms with Gasteiger partial charge in [0.1, 0.15) is 0 Å². The molecule has 2 rings (SSSR count). The van der Waals surface area contributed by atoms with Crippen LogP contribution in [0.2, 0.25) is 0 Å². The van der Waals surface area contributed by atoms with Gasteiger partial charge in [-0.25, -0.2) is 13.6 Å². The number of nitrogens with one attached hydrogen (secondary N) is 2. The molecule has 20 heavy (non-hydrogen) atoms. The lowest BCUT2D eigenvalue weighted by molar-refractivity contribution is -0.128. The molecule has 1 saturated heterocycles. The molecule has 3 amide bonds. The average Bonchev–Trinajstić information content (AvgIpc) is 2.65. The smallest absolute Gasteiger partial charge is 0.318 e. The minimum atomic E-state index is -3.15. The Hall–Kier alpha value is -1.83. The van der Waals surface area contributed by atoms with E-state index in [4.69, 9.17) is 0 Å². The van der Waals surface area contributed by atoms with Gasteiger partial charge in [0, 0.05) is 4.90 Å². The molecule has 1 aliphatic heterocycles. The van der Waals surface area contributed by atoms with Crippen molar-refractivity contribution >= 4 is 22.7 Å². The largest absolute Gasteiger partial charge is 0.322 e. The number of hydrogen-bond acceptors (Lipinski definition) is 3. The zero-order chi connectivity index (χ0) is 14.9. The number of benzene rings is 1. The second-order valence-electron chi connectivity index (χ2n) is 4.48. The molecule has 2 N–H and O–H groups in total. The summed E-state index contributed by atoms with van der Waals surface area (Å²) in [7, 11) is -1.83. The summed E-state index contributed by atoms with van der Waals surface area (Å²) in [6, 6.07) is 5.46. The number of urea groups is 1. The van der Waals surface area contributed by atoms with Gasteiger partial charge in [-0.2, -0.15) is 0 Å². The van der Waals surface area contributed by atoms with Crippen LogP contribution in [0, 0.1) is 6.92 Å². The van der Waals surface area contributed by atoms with Crippen molar-refractivity contribution in [3.8, 4) is 0 Å². The second-order valence-corrected chi connectivity index (χ2v) is 5.93. The van der Waals surface area contributed by atoms with E-state index in [1.165, 1.54) is 0 Å². The molecule has 1 heterocycles. The van der Waals surface area contributed by atoms with Crippen LogP contribution in [0.4, 0.5) is 13.6 Å². The highest BCUT2D eigenvalue weighted by molar-refractivity contribution is 7.85. The molecule has 1 fully saturated rings. The lowest BCUT2D eigenvalue weighted by Gasteiger charge is -2.24. The quantitative estimate of drug-likeness (QED) is 0.813. The second kappa shape index (κ2) is 5.28. The Morgan fingerprint density at radius 2 is 1.85 bits per heavy atom. The van der Waals surface area contributed by atoms with Gasteiger partial charge >= 0.3 is 6.03 Å². The predicted molar refractivity (Wildman–Crippen MR) is 67.9 cm³/mol. The molecular weight excluding hydrogens is 290 g/mol. The minimum Gasteiger partial charge on any atom is -0.318 e. The first kappa shape index (κ1) is 14.6. The fourth-order valence-electron chi connectivity index (χ4n) is 1.80. The number of imide groups is 1. The summed E-state index contributed by atoms with van der Waals surface area (Å²) >= 11 is 0. The number of carbonyl (C=O) groups excluding carboxylic acids is 2. The zero-order valence-corrected chi connectivity index (χ0v) is 11.3. The Bertz CT molecular complexity index is 577. The van der Waals surface area contributed by atoms with Gasteiger partial charge in [0.15, 0.2) is 5.54 Å². The number of alkyl halides is 2. The molecule has 0 radical (unpaired) electrons. The Morgan fingerprint density at radius 1 is 1.25 bits per heavy atom. The molecule has 1 aliphatic rings. The third-order valence-corrected chi connectivity index (χ3v) is 4.50. The van der Waals surface area contributed by atoms with Gasteiger partial charge < -0.3 is 5.32 Å². The monoisotopic (exact) mass is 302 g/mol. The normalized spacial score (nSPS) is 23.6. The van der Waals surface area contributed by atoms with Crippen LogP contribution in [0.1, 0.15) is 5.56 Å². The molecule has 2 atom stereocenters. The summed E-state index contributed by atoms with van der Waals surface area (Å²) < 4.78 is 38.4. The molecular formula is C12H12F2N2O3S. The molecule has 0 bridgehead atoms. The van der Waals surface area contributed by atoms with Crippen LogP contribution < -0.4 is 10.6 Å². The van der Waals surface area contributed by atoms with Crippen molar-refractivity contribution in [1.82, 2.24) is 10.6 Å². The van der Waals surface area contributed by atoms with Gasteiger partial charge in [-0.05, 0) is 19.1 Å². The molecule has 1 aromatic carbocycles. The summed E-state index contributed by atoms with van der Waals surface area (Å²) in [6.07, 6.45) is -3.15. The summed E-state index contributed by atoms with van der Waals surface area (Å²) in [4.78, 5) is 22.9. The highest BCUT2D eigenvalue weighted by Crippen LogP contribution is 2.23. The van der Waals surface area contributed by atoms with Gasteiger partial charge in [0.2, 0.25) is 0 Å². The van der Waals surface area contributed by atoms with Gasteiger partial charge in [-0.3, -0.25) is 14.3 Å². The third kappa shape index (κ3) is 2.55. The highest BCUT2D eigenvalue weighted by Gasteiger charge is 2.54. The Balaban J connectivity index is 2.25. The fraction of sp³-hybridized carbons (Fsp3) is 0.333. The van der Waals surface area contributed by atoms with Crippen LogP contribution in [0.3, 0.4) is 0 Å². The molecule has 2 unspecified atom stereocenters. The van der Waals surface area contributed by atoms with Gasteiger partial charge in [0.05, 0.1) is 16.6 Å². The number of rotatable bonds is 4. The summed E-state index contributed by atoms with van der Waals surface area (Å²) in [5, 5.41) is 3.64. The van der Waals surface area contributed by atoms with Crippen LogP contribution in [-0.2, 0) is 15.6 Å². The van der Waals surface area contributed by atoms with Crippen LogP contribution in [0.5, 0.6) is 0 Å². The summed E-state index contributed by atoms with van der Waals surface area (Å²) in [6.45, 7) is 1.83. The van der Waals surface area contributed by atoms with Crippen molar-refractivity contribution in [2.24, 2.45) is 0 Å². The Labute approximate surface area is 116 Å². The zero-order valence-electron chi connectivity index (χ0n) is 10.5. The van der Waals surface area contributed by atoms with E-state index in [9.17, 15) is 22.6 Å². The lowest BCUT2D eigenvalue weighted by atomic mass is 10.0.